The van der Waals surface area contributed by atoms with Crippen molar-refractivity contribution in [3.63, 3.8) is 0 Å². The number of likely N-dealkylation sites (tertiary alicyclic amines) is 2. The third-order valence-corrected chi connectivity index (χ3v) is 6.25. The molecule has 3 heterocycles. The van der Waals surface area contributed by atoms with Crippen LogP contribution in [0.2, 0.25) is 0 Å². The van der Waals surface area contributed by atoms with Crippen LogP contribution in [-0.2, 0) is 9.53 Å². The van der Waals surface area contributed by atoms with Gasteiger partial charge in [0.1, 0.15) is 0 Å². The van der Waals surface area contributed by atoms with E-state index in [1.54, 1.807) is 4.90 Å². The highest BCUT2D eigenvalue weighted by Gasteiger charge is 2.30. The fourth-order valence-electron chi connectivity index (χ4n) is 4.66. The highest BCUT2D eigenvalue weighted by atomic mass is 16.6. The summed E-state index contributed by atoms with van der Waals surface area (Å²) in [5.74, 6) is 1.66. The fourth-order valence-corrected chi connectivity index (χ4v) is 4.66. The van der Waals surface area contributed by atoms with E-state index >= 15 is 0 Å². The van der Waals surface area contributed by atoms with E-state index in [4.69, 9.17) is 14.2 Å². The molecular weight excluding hydrogens is 398 g/mol. The lowest BCUT2D eigenvalue weighted by atomic mass is 10.0. The van der Waals surface area contributed by atoms with Crippen LogP contribution < -0.4 is 14.8 Å². The lowest BCUT2D eigenvalue weighted by molar-refractivity contribution is -0.123. The van der Waals surface area contributed by atoms with Gasteiger partial charge >= 0.3 is 6.09 Å². The largest absolute Gasteiger partial charge is 0.490 e. The first-order valence-corrected chi connectivity index (χ1v) is 11.5. The second-order valence-corrected chi connectivity index (χ2v) is 8.41. The van der Waals surface area contributed by atoms with Gasteiger partial charge in [0.2, 0.25) is 5.91 Å². The van der Waals surface area contributed by atoms with Gasteiger partial charge < -0.3 is 24.4 Å². The summed E-state index contributed by atoms with van der Waals surface area (Å²) >= 11 is 0. The highest BCUT2D eigenvalue weighted by Crippen LogP contribution is 2.37. The summed E-state index contributed by atoms with van der Waals surface area (Å²) in [5, 5.41) is 3.16. The van der Waals surface area contributed by atoms with Crippen LogP contribution in [0.15, 0.2) is 18.2 Å². The van der Waals surface area contributed by atoms with Gasteiger partial charge in [-0.1, -0.05) is 6.07 Å². The van der Waals surface area contributed by atoms with Crippen LogP contribution in [0.1, 0.15) is 50.6 Å². The Morgan fingerprint density at radius 2 is 1.84 bits per heavy atom. The highest BCUT2D eigenvalue weighted by molar-refractivity contribution is 5.78. The van der Waals surface area contributed by atoms with E-state index in [-0.39, 0.29) is 24.1 Å². The lowest BCUT2D eigenvalue weighted by Crippen LogP contribution is -2.48. The summed E-state index contributed by atoms with van der Waals surface area (Å²) in [7, 11) is 0. The Hall–Kier alpha value is -2.48. The maximum absolute atomic E-state index is 12.7. The van der Waals surface area contributed by atoms with Crippen molar-refractivity contribution in [1.82, 2.24) is 15.1 Å². The van der Waals surface area contributed by atoms with E-state index in [9.17, 15) is 9.59 Å². The summed E-state index contributed by atoms with van der Waals surface area (Å²) < 4.78 is 16.6. The molecule has 0 aromatic heterocycles. The molecule has 0 aliphatic carbocycles. The normalized spacial score (nSPS) is 22.1. The van der Waals surface area contributed by atoms with Gasteiger partial charge in [0, 0.05) is 31.6 Å². The van der Waals surface area contributed by atoms with E-state index in [0.29, 0.717) is 39.5 Å². The molecule has 0 unspecified atom stereocenters. The summed E-state index contributed by atoms with van der Waals surface area (Å²) in [4.78, 5) is 28.5. The number of rotatable bonds is 5. The van der Waals surface area contributed by atoms with Gasteiger partial charge in [-0.15, -0.1) is 0 Å². The van der Waals surface area contributed by atoms with E-state index in [0.717, 1.165) is 50.1 Å². The standard InChI is InChI=1S/C23H33N3O5/c1-2-29-23(28)25-11-8-18(9-12-25)24-22(27)16-26-10-3-5-19(26)17-6-7-20-21(15-17)31-14-4-13-30-20/h6-7,15,18-19H,2-5,8-14,16H2,1H3,(H,24,27)/t19-/m1/s1. The number of hydrogen-bond donors (Lipinski definition) is 1. The van der Waals surface area contributed by atoms with Crippen molar-refractivity contribution < 1.29 is 23.8 Å². The van der Waals surface area contributed by atoms with Crippen LogP contribution in [-0.4, -0.2) is 73.8 Å². The van der Waals surface area contributed by atoms with Crippen molar-refractivity contribution in [1.29, 1.82) is 0 Å². The van der Waals surface area contributed by atoms with Gasteiger partial charge in [-0.3, -0.25) is 9.69 Å². The molecule has 1 atom stereocenters. The zero-order valence-electron chi connectivity index (χ0n) is 18.3. The molecule has 4 rings (SSSR count). The summed E-state index contributed by atoms with van der Waals surface area (Å²) in [6, 6.07) is 6.49. The molecule has 3 aliphatic rings. The average Bonchev–Trinajstić information content (AvgIpc) is 3.09. The minimum Gasteiger partial charge on any atom is -0.490 e. The van der Waals surface area contributed by atoms with E-state index in [1.807, 2.05) is 13.0 Å². The molecule has 2 saturated heterocycles. The fraction of sp³-hybridized carbons (Fsp3) is 0.652. The Morgan fingerprint density at radius 1 is 1.06 bits per heavy atom. The number of ether oxygens (including phenoxy) is 3. The number of amides is 2. The van der Waals surface area contributed by atoms with E-state index in [2.05, 4.69) is 22.3 Å². The minimum absolute atomic E-state index is 0.0517. The quantitative estimate of drug-likeness (QED) is 0.772. The van der Waals surface area contributed by atoms with Crippen LogP contribution >= 0.6 is 0 Å². The molecule has 0 radical (unpaired) electrons. The van der Waals surface area contributed by atoms with E-state index in [1.165, 1.54) is 5.56 Å². The minimum atomic E-state index is -0.262. The molecule has 1 N–H and O–H groups in total. The molecule has 1 aromatic carbocycles. The van der Waals surface area contributed by atoms with Crippen molar-refractivity contribution in [2.45, 2.75) is 51.1 Å². The molecule has 8 heteroatoms. The average molecular weight is 432 g/mol. The molecule has 8 nitrogen and oxygen atoms in total. The molecule has 0 saturated carbocycles. The SMILES string of the molecule is CCOC(=O)N1CCC(NC(=O)CN2CCC[C@@H]2c2ccc3c(c2)OCCCO3)CC1. The van der Waals surface area contributed by atoms with Crippen molar-refractivity contribution in [2.24, 2.45) is 0 Å². The van der Waals surface area contributed by atoms with Crippen molar-refractivity contribution >= 4 is 12.0 Å². The molecule has 2 fully saturated rings. The predicted octanol–water partition coefficient (Wildman–Crippen LogP) is 2.72. The molecule has 31 heavy (non-hydrogen) atoms. The molecule has 0 spiro atoms. The molecule has 170 valence electrons. The monoisotopic (exact) mass is 431 g/mol. The molecular formula is C23H33N3O5. The first-order valence-electron chi connectivity index (χ1n) is 11.5. The summed E-state index contributed by atoms with van der Waals surface area (Å²) in [6.45, 7) is 6.08. The van der Waals surface area contributed by atoms with Gasteiger partial charge in [0.05, 0.1) is 26.4 Å². The number of carbonyl (C=O) groups excluding carboxylic acids is 2. The lowest BCUT2D eigenvalue weighted by Gasteiger charge is -2.32. The first kappa shape index (κ1) is 21.7. The topological polar surface area (TPSA) is 80.3 Å². The Bertz CT molecular complexity index is 778. The van der Waals surface area contributed by atoms with Gasteiger partial charge in [-0.05, 0) is 56.8 Å². The Labute approximate surface area is 183 Å². The number of benzene rings is 1. The van der Waals surface area contributed by atoms with Crippen molar-refractivity contribution in [2.75, 3.05) is 46.0 Å². The second-order valence-electron chi connectivity index (χ2n) is 8.41. The maximum atomic E-state index is 12.7. The number of fused-ring (bicyclic) bond motifs is 1. The smallest absolute Gasteiger partial charge is 0.409 e. The first-order chi connectivity index (χ1) is 15.1. The number of carbonyl (C=O) groups is 2. The van der Waals surface area contributed by atoms with Gasteiger partial charge in [0.15, 0.2) is 11.5 Å². The molecule has 2 amide bonds. The Kier molecular flexibility index (Phi) is 7.17. The Morgan fingerprint density at radius 3 is 2.61 bits per heavy atom. The number of piperidine rings is 1. The summed E-state index contributed by atoms with van der Waals surface area (Å²) in [6.07, 6.45) is 4.25. The van der Waals surface area contributed by atoms with Gasteiger partial charge in [-0.25, -0.2) is 4.79 Å². The molecule has 1 aromatic rings. The van der Waals surface area contributed by atoms with Gasteiger partial charge in [0.25, 0.3) is 0 Å². The molecule has 0 bridgehead atoms. The van der Waals surface area contributed by atoms with Crippen LogP contribution in [0.4, 0.5) is 4.79 Å². The predicted molar refractivity (Wildman–Crippen MR) is 115 cm³/mol. The van der Waals surface area contributed by atoms with Crippen LogP contribution in [0.5, 0.6) is 11.5 Å². The third-order valence-electron chi connectivity index (χ3n) is 6.25. The zero-order valence-corrected chi connectivity index (χ0v) is 18.3. The molecule has 3 aliphatic heterocycles. The third kappa shape index (κ3) is 5.42. The maximum Gasteiger partial charge on any atom is 0.409 e. The van der Waals surface area contributed by atoms with Crippen LogP contribution in [0, 0.1) is 0 Å². The number of nitrogens with zero attached hydrogens (tertiary/aromatic N) is 2. The van der Waals surface area contributed by atoms with Crippen LogP contribution in [0.25, 0.3) is 0 Å². The van der Waals surface area contributed by atoms with Crippen LogP contribution in [0.3, 0.4) is 0 Å². The van der Waals surface area contributed by atoms with Crippen molar-refractivity contribution in [3.05, 3.63) is 23.8 Å². The Balaban J connectivity index is 1.29. The number of hydrogen-bond acceptors (Lipinski definition) is 6. The second kappa shape index (κ2) is 10.2. The van der Waals surface area contributed by atoms with Gasteiger partial charge in [-0.2, -0.15) is 0 Å². The number of nitrogens with one attached hydrogen (secondary N) is 1. The summed E-state index contributed by atoms with van der Waals surface area (Å²) in [5.41, 5.74) is 1.18. The van der Waals surface area contributed by atoms with E-state index < -0.39 is 0 Å². The zero-order chi connectivity index (χ0) is 21.6. The van der Waals surface area contributed by atoms with Crippen molar-refractivity contribution in [3.8, 4) is 11.5 Å².